The highest BCUT2D eigenvalue weighted by atomic mass is 16.2. The first kappa shape index (κ1) is 12.7. The lowest BCUT2D eigenvalue weighted by Crippen LogP contribution is -2.42. The van der Waals surface area contributed by atoms with Crippen molar-refractivity contribution in [2.24, 2.45) is 9.98 Å². The molecule has 0 unspecified atom stereocenters. The molecule has 0 saturated carbocycles. The van der Waals surface area contributed by atoms with Crippen molar-refractivity contribution in [1.29, 1.82) is 0 Å². The maximum Gasteiger partial charge on any atom is 0.273 e. The molecule has 0 bridgehead atoms. The molecular formula is C12H18N4O2. The second-order valence-corrected chi connectivity index (χ2v) is 4.45. The maximum atomic E-state index is 11.8. The summed E-state index contributed by atoms with van der Waals surface area (Å²) in [7, 11) is 0. The molecule has 18 heavy (non-hydrogen) atoms. The van der Waals surface area contributed by atoms with Gasteiger partial charge < -0.3 is 10.2 Å². The molecule has 6 nitrogen and oxygen atoms in total. The van der Waals surface area contributed by atoms with Gasteiger partial charge in [0.1, 0.15) is 6.54 Å². The van der Waals surface area contributed by atoms with Crippen molar-refractivity contribution in [3.8, 4) is 0 Å². The van der Waals surface area contributed by atoms with Crippen LogP contribution in [0.2, 0.25) is 0 Å². The predicted octanol–water partition coefficient (Wildman–Crippen LogP) is -0.0119. The van der Waals surface area contributed by atoms with E-state index in [0.29, 0.717) is 12.5 Å². The molecule has 6 heteroatoms. The van der Waals surface area contributed by atoms with Crippen molar-refractivity contribution in [2.45, 2.75) is 26.2 Å². The van der Waals surface area contributed by atoms with Crippen LogP contribution < -0.4 is 5.32 Å². The molecule has 0 aromatic heterocycles. The summed E-state index contributed by atoms with van der Waals surface area (Å²) in [5.41, 5.74) is 0.000324. The molecular weight excluding hydrogens is 232 g/mol. The Morgan fingerprint density at radius 1 is 1.39 bits per heavy atom. The highest BCUT2D eigenvalue weighted by molar-refractivity contribution is 6.67. The molecule has 1 amide bonds. The molecule has 1 N–H and O–H groups in total. The number of aliphatic imine (C=N–C) groups is 2. The number of nitrogens with zero attached hydrogens (tertiary/aromatic N) is 3. The molecule has 0 spiro atoms. The molecule has 0 atom stereocenters. The lowest BCUT2D eigenvalue weighted by atomic mass is 10.2. The maximum absolute atomic E-state index is 11.8. The average Bonchev–Trinajstić information content (AvgIpc) is 2.90. The first-order chi connectivity index (χ1) is 8.72. The number of hydrogen-bond donors (Lipinski definition) is 1. The summed E-state index contributed by atoms with van der Waals surface area (Å²) in [5, 5.41) is 2.68. The quantitative estimate of drug-likeness (QED) is 0.765. The third kappa shape index (κ3) is 2.75. The highest BCUT2D eigenvalue weighted by Crippen LogP contribution is 2.11. The van der Waals surface area contributed by atoms with Crippen LogP contribution >= 0.6 is 0 Å². The van der Waals surface area contributed by atoms with Crippen LogP contribution in [0.4, 0.5) is 0 Å². The number of carbonyl (C=O) groups is 2. The van der Waals surface area contributed by atoms with Crippen LogP contribution in [0.3, 0.4) is 0 Å². The van der Waals surface area contributed by atoms with E-state index >= 15 is 0 Å². The summed E-state index contributed by atoms with van der Waals surface area (Å²) < 4.78 is 0. The van der Waals surface area contributed by atoms with Gasteiger partial charge in [-0.3, -0.25) is 9.59 Å². The zero-order chi connectivity index (χ0) is 13.0. The minimum Gasteiger partial charge on any atom is -0.351 e. The molecule has 1 fully saturated rings. The van der Waals surface area contributed by atoms with Crippen LogP contribution in [0.1, 0.15) is 26.2 Å². The number of carbonyl (C=O) groups excluding carboxylic acids is 2. The summed E-state index contributed by atoms with van der Waals surface area (Å²) in [6.07, 6.45) is 3.06. The Morgan fingerprint density at radius 3 is 2.78 bits per heavy atom. The number of hydrogen-bond acceptors (Lipinski definition) is 5. The van der Waals surface area contributed by atoms with Gasteiger partial charge >= 0.3 is 0 Å². The van der Waals surface area contributed by atoms with Crippen molar-refractivity contribution in [3.63, 3.8) is 0 Å². The van der Waals surface area contributed by atoms with Gasteiger partial charge in [0.05, 0.1) is 0 Å². The summed E-state index contributed by atoms with van der Waals surface area (Å²) in [4.78, 5) is 33.7. The van der Waals surface area contributed by atoms with E-state index in [2.05, 4.69) is 15.3 Å². The molecule has 2 aliphatic heterocycles. The number of Topliss-reactive ketones (excluding diaryl/α,β-unsaturated/α-hetero) is 1. The zero-order valence-corrected chi connectivity index (χ0v) is 10.6. The van der Waals surface area contributed by atoms with E-state index in [9.17, 15) is 9.59 Å². The van der Waals surface area contributed by atoms with Crippen LogP contribution in [0.25, 0.3) is 0 Å². The van der Waals surface area contributed by atoms with Gasteiger partial charge in [-0.25, -0.2) is 9.98 Å². The molecule has 0 aromatic carbocycles. The van der Waals surface area contributed by atoms with Gasteiger partial charge in [-0.05, 0) is 19.3 Å². The summed E-state index contributed by atoms with van der Waals surface area (Å²) >= 11 is 0. The lowest BCUT2D eigenvalue weighted by molar-refractivity contribution is -0.117. The summed E-state index contributed by atoms with van der Waals surface area (Å²) in [6.45, 7) is 4.36. The molecule has 2 heterocycles. The van der Waals surface area contributed by atoms with Crippen LogP contribution in [0, 0.1) is 0 Å². The van der Waals surface area contributed by atoms with Crippen molar-refractivity contribution in [2.75, 3.05) is 26.2 Å². The standard InChI is InChI=1S/C12H18N4O2/c1-2-5-13-11(18)10-9(17)8-14-12(15-10)16-6-3-4-7-16/h2-8H2,1H3,(H,13,18). The van der Waals surface area contributed by atoms with Gasteiger partial charge in [0.15, 0.2) is 5.71 Å². The molecule has 0 radical (unpaired) electrons. The number of ketones is 1. The summed E-state index contributed by atoms with van der Waals surface area (Å²) in [5.74, 6) is -0.145. The number of amides is 1. The van der Waals surface area contributed by atoms with E-state index in [-0.39, 0.29) is 23.9 Å². The van der Waals surface area contributed by atoms with Gasteiger partial charge in [-0.2, -0.15) is 0 Å². The van der Waals surface area contributed by atoms with Gasteiger partial charge in [0.25, 0.3) is 5.91 Å². The molecule has 1 saturated heterocycles. The topological polar surface area (TPSA) is 74.1 Å². The van der Waals surface area contributed by atoms with E-state index in [4.69, 9.17) is 0 Å². The van der Waals surface area contributed by atoms with Gasteiger partial charge in [0, 0.05) is 19.6 Å². The van der Waals surface area contributed by atoms with E-state index < -0.39 is 0 Å². The van der Waals surface area contributed by atoms with Gasteiger partial charge in [0.2, 0.25) is 11.7 Å². The first-order valence-corrected chi connectivity index (χ1v) is 6.42. The Bertz CT molecular complexity index is 408. The molecule has 0 aliphatic carbocycles. The highest BCUT2D eigenvalue weighted by Gasteiger charge is 2.27. The fraction of sp³-hybridized carbons (Fsp3) is 0.667. The monoisotopic (exact) mass is 250 g/mol. The number of guanidine groups is 1. The fourth-order valence-electron chi connectivity index (χ4n) is 2.00. The number of nitrogens with one attached hydrogen (secondary N) is 1. The fourth-order valence-corrected chi connectivity index (χ4v) is 2.00. The molecule has 2 rings (SSSR count). The third-order valence-corrected chi connectivity index (χ3v) is 2.98. The van der Waals surface area contributed by atoms with Gasteiger partial charge in [-0.1, -0.05) is 6.92 Å². The van der Waals surface area contributed by atoms with Gasteiger partial charge in [-0.15, -0.1) is 0 Å². The average molecular weight is 250 g/mol. The van der Waals surface area contributed by atoms with E-state index in [1.54, 1.807) is 0 Å². The third-order valence-electron chi connectivity index (χ3n) is 2.98. The Morgan fingerprint density at radius 2 is 2.11 bits per heavy atom. The van der Waals surface area contributed by atoms with Crippen LogP contribution in [-0.4, -0.2) is 54.4 Å². The van der Waals surface area contributed by atoms with Crippen LogP contribution in [0.15, 0.2) is 9.98 Å². The normalized spacial score (nSPS) is 19.6. The van der Waals surface area contributed by atoms with Crippen molar-refractivity contribution < 1.29 is 9.59 Å². The second-order valence-electron chi connectivity index (χ2n) is 4.45. The van der Waals surface area contributed by atoms with E-state index in [0.717, 1.165) is 32.4 Å². The Hall–Kier alpha value is -1.72. The lowest BCUT2D eigenvalue weighted by Gasteiger charge is -2.19. The smallest absolute Gasteiger partial charge is 0.273 e. The molecule has 0 aromatic rings. The minimum atomic E-state index is -0.381. The minimum absolute atomic E-state index is 0.000324. The number of rotatable bonds is 3. The largest absolute Gasteiger partial charge is 0.351 e. The van der Waals surface area contributed by atoms with Crippen molar-refractivity contribution >= 4 is 23.4 Å². The van der Waals surface area contributed by atoms with Crippen molar-refractivity contribution in [3.05, 3.63) is 0 Å². The van der Waals surface area contributed by atoms with Crippen molar-refractivity contribution in [1.82, 2.24) is 10.2 Å². The zero-order valence-electron chi connectivity index (χ0n) is 10.6. The van der Waals surface area contributed by atoms with Crippen LogP contribution in [0.5, 0.6) is 0 Å². The Labute approximate surface area is 106 Å². The second kappa shape index (κ2) is 5.75. The summed E-state index contributed by atoms with van der Waals surface area (Å²) in [6, 6.07) is 0. The van der Waals surface area contributed by atoms with Crippen LogP contribution in [-0.2, 0) is 9.59 Å². The predicted molar refractivity (Wildman–Crippen MR) is 68.9 cm³/mol. The Kier molecular flexibility index (Phi) is 4.07. The van der Waals surface area contributed by atoms with E-state index in [1.807, 2.05) is 11.8 Å². The SMILES string of the molecule is CCCNC(=O)C1=NC(N2CCCC2)=NCC1=O. The number of likely N-dealkylation sites (tertiary alicyclic amines) is 1. The Balaban J connectivity index is 2.09. The van der Waals surface area contributed by atoms with E-state index in [1.165, 1.54) is 0 Å². The molecule has 2 aliphatic rings. The first-order valence-electron chi connectivity index (χ1n) is 6.42. The molecule has 98 valence electrons.